The van der Waals surface area contributed by atoms with Crippen LogP contribution in [-0.4, -0.2) is 25.3 Å². The SMILES string of the molecule is Cc1n[n-]c(C(F)(F)F)n1.Cc1nc(C(F)(F)F)n[nH]1.[Li+]. The molecule has 2 rings (SSSR count). The van der Waals surface area contributed by atoms with Crippen molar-refractivity contribution in [1.82, 2.24) is 30.4 Å². The van der Waals surface area contributed by atoms with Crippen LogP contribution in [0.15, 0.2) is 0 Å². The van der Waals surface area contributed by atoms with E-state index < -0.39 is 24.0 Å². The number of nitrogens with zero attached hydrogens (tertiary/aromatic N) is 5. The van der Waals surface area contributed by atoms with E-state index in [1.165, 1.54) is 13.8 Å². The Morgan fingerprint density at radius 2 is 1.52 bits per heavy atom. The number of rotatable bonds is 0. The Morgan fingerprint density at radius 3 is 1.71 bits per heavy atom. The quantitative estimate of drug-likeness (QED) is 0.493. The van der Waals surface area contributed by atoms with Crippen LogP contribution in [0.1, 0.15) is 23.3 Å². The first kappa shape index (κ1) is 19.5. The molecule has 2 heterocycles. The maximum atomic E-state index is 11.7. The Labute approximate surface area is 125 Å². The molecule has 0 bridgehead atoms. The van der Waals surface area contributed by atoms with Crippen molar-refractivity contribution < 1.29 is 45.2 Å². The zero-order chi connectivity index (χ0) is 15.6. The molecule has 0 fully saturated rings. The van der Waals surface area contributed by atoms with Gasteiger partial charge in [0.2, 0.25) is 0 Å². The van der Waals surface area contributed by atoms with Crippen LogP contribution in [0.25, 0.3) is 0 Å². The fourth-order valence-electron chi connectivity index (χ4n) is 0.907. The molecule has 0 aliphatic carbocycles. The first-order valence-electron chi connectivity index (χ1n) is 4.87. The van der Waals surface area contributed by atoms with Gasteiger partial charge in [0.1, 0.15) is 5.82 Å². The number of aryl methyl sites for hydroxylation is 2. The summed E-state index contributed by atoms with van der Waals surface area (Å²) in [5, 5.41) is 10.9. The Bertz CT molecular complexity index is 508. The molecule has 0 spiro atoms. The minimum atomic E-state index is -4.47. The van der Waals surface area contributed by atoms with E-state index in [0.717, 1.165) is 0 Å². The van der Waals surface area contributed by atoms with Crippen molar-refractivity contribution in [2.24, 2.45) is 0 Å². The van der Waals surface area contributed by atoms with Crippen LogP contribution < -0.4 is 24.0 Å². The first-order chi connectivity index (χ1) is 9.00. The van der Waals surface area contributed by atoms with Gasteiger partial charge in [0.05, 0.1) is 0 Å². The smallest absolute Gasteiger partial charge is 0.419 e. The molecule has 0 saturated carbocycles. The number of nitrogens with one attached hydrogen (secondary N) is 1. The topological polar surface area (TPSA) is 81.4 Å². The number of aromatic amines is 1. The van der Waals surface area contributed by atoms with Crippen LogP contribution in [0.2, 0.25) is 0 Å². The van der Waals surface area contributed by atoms with Crippen molar-refractivity contribution in [2.75, 3.05) is 0 Å². The second-order valence-electron chi connectivity index (χ2n) is 3.42. The summed E-state index contributed by atoms with van der Waals surface area (Å²) in [6.07, 6.45) is -8.91. The van der Waals surface area contributed by atoms with Gasteiger partial charge in [-0.25, -0.2) is 4.98 Å². The Kier molecular flexibility index (Phi) is 6.44. The van der Waals surface area contributed by atoms with E-state index in [9.17, 15) is 26.3 Å². The Balaban J connectivity index is 0.000000364. The molecule has 0 aliphatic heterocycles. The molecule has 0 atom stereocenters. The fourth-order valence-corrected chi connectivity index (χ4v) is 0.907. The number of aromatic nitrogens is 6. The molecule has 0 saturated heterocycles. The second-order valence-corrected chi connectivity index (χ2v) is 3.42. The molecule has 0 radical (unpaired) electrons. The van der Waals surface area contributed by atoms with Crippen molar-refractivity contribution in [3.63, 3.8) is 0 Å². The molecule has 0 aromatic carbocycles. The normalized spacial score (nSPS) is 11.4. The van der Waals surface area contributed by atoms with Crippen LogP contribution in [-0.2, 0) is 12.4 Å². The molecule has 2 aromatic rings. The van der Waals surface area contributed by atoms with Gasteiger partial charge in [0, 0.05) is 11.6 Å². The van der Waals surface area contributed by atoms with E-state index in [2.05, 4.69) is 30.4 Å². The summed E-state index contributed by atoms with van der Waals surface area (Å²) in [7, 11) is 0. The van der Waals surface area contributed by atoms with Gasteiger partial charge in [-0.1, -0.05) is 0 Å². The average molecular weight is 308 g/mol. The van der Waals surface area contributed by atoms with Gasteiger partial charge >= 0.3 is 31.2 Å². The molecule has 21 heavy (non-hydrogen) atoms. The van der Waals surface area contributed by atoms with Gasteiger partial charge < -0.3 is 10.1 Å². The third kappa shape index (κ3) is 6.17. The predicted octanol–water partition coefficient (Wildman–Crippen LogP) is -1.10. The average Bonchev–Trinajstić information content (AvgIpc) is 2.85. The molecular weight excluding hydrogens is 301 g/mol. The monoisotopic (exact) mass is 308 g/mol. The summed E-state index contributed by atoms with van der Waals surface area (Å²) >= 11 is 0. The van der Waals surface area contributed by atoms with Gasteiger partial charge in [0.25, 0.3) is 5.82 Å². The Morgan fingerprint density at radius 1 is 0.952 bits per heavy atom. The molecule has 0 aliphatic rings. The zero-order valence-electron chi connectivity index (χ0n) is 11.0. The molecule has 0 amide bonds. The van der Waals surface area contributed by atoms with E-state index in [1.54, 1.807) is 0 Å². The third-order valence-electron chi connectivity index (χ3n) is 1.66. The third-order valence-corrected chi connectivity index (χ3v) is 1.66. The summed E-state index contributed by atoms with van der Waals surface area (Å²) in [6.45, 7) is 2.75. The van der Waals surface area contributed by atoms with Gasteiger partial charge in [-0.15, -0.1) is 5.10 Å². The molecular formula is C8H7F6LiN6. The summed E-state index contributed by atoms with van der Waals surface area (Å²) in [6, 6.07) is 0. The van der Waals surface area contributed by atoms with E-state index >= 15 is 0 Å². The summed E-state index contributed by atoms with van der Waals surface area (Å²) in [5.74, 6) is -2.10. The number of hydrogen-bond donors (Lipinski definition) is 1. The van der Waals surface area contributed by atoms with E-state index in [0.29, 0.717) is 0 Å². The summed E-state index contributed by atoms with van der Waals surface area (Å²) in [5.41, 5.74) is 0. The molecule has 13 heteroatoms. The zero-order valence-corrected chi connectivity index (χ0v) is 11.0. The van der Waals surface area contributed by atoms with Crippen molar-refractivity contribution in [3.05, 3.63) is 23.3 Å². The van der Waals surface area contributed by atoms with Crippen molar-refractivity contribution in [2.45, 2.75) is 26.2 Å². The second kappa shape index (κ2) is 6.95. The van der Waals surface area contributed by atoms with Crippen molar-refractivity contribution in [1.29, 1.82) is 0 Å². The molecule has 1 N–H and O–H groups in total. The van der Waals surface area contributed by atoms with Crippen LogP contribution in [0, 0.1) is 13.8 Å². The largest absolute Gasteiger partial charge is 1.00 e. The van der Waals surface area contributed by atoms with Crippen LogP contribution in [0.3, 0.4) is 0 Å². The molecule has 0 unspecified atom stereocenters. The molecule has 2 aromatic heterocycles. The van der Waals surface area contributed by atoms with Crippen LogP contribution >= 0.6 is 0 Å². The van der Waals surface area contributed by atoms with Gasteiger partial charge in [-0.2, -0.15) is 26.3 Å². The van der Waals surface area contributed by atoms with Crippen LogP contribution in [0.4, 0.5) is 26.3 Å². The number of hydrogen-bond acceptors (Lipinski definition) is 4. The summed E-state index contributed by atoms with van der Waals surface area (Å²) < 4.78 is 69.9. The minimum Gasteiger partial charge on any atom is -0.419 e. The fraction of sp³-hybridized carbons (Fsp3) is 0.500. The summed E-state index contributed by atoms with van der Waals surface area (Å²) in [4.78, 5) is 6.12. The van der Waals surface area contributed by atoms with Crippen molar-refractivity contribution >= 4 is 0 Å². The maximum absolute atomic E-state index is 11.7. The minimum absolute atomic E-state index is 0. The van der Waals surface area contributed by atoms with E-state index in [1.807, 2.05) is 0 Å². The van der Waals surface area contributed by atoms with Gasteiger partial charge in [0.15, 0.2) is 0 Å². The predicted molar refractivity (Wildman–Crippen MR) is 51.2 cm³/mol. The number of halogens is 6. The number of alkyl halides is 6. The van der Waals surface area contributed by atoms with Gasteiger partial charge in [-0.3, -0.25) is 10.2 Å². The van der Waals surface area contributed by atoms with Gasteiger partial charge in [-0.05, 0) is 13.8 Å². The molecule has 6 nitrogen and oxygen atoms in total. The van der Waals surface area contributed by atoms with Crippen molar-refractivity contribution in [3.8, 4) is 0 Å². The Hall–Kier alpha value is -1.54. The van der Waals surface area contributed by atoms with E-state index in [-0.39, 0.29) is 30.5 Å². The van der Waals surface area contributed by atoms with Crippen LogP contribution in [0.5, 0.6) is 0 Å². The molecule has 112 valence electrons. The standard InChI is InChI=1S/C4H4F3N3.C4H3F3N3.Li/c2*1-2-8-3(10-9-2)4(5,6)7;/h1H3,(H,8,9,10);1H3;/q;-1;+1. The number of H-pyrrole nitrogens is 1. The van der Waals surface area contributed by atoms with E-state index in [4.69, 9.17) is 0 Å². The first-order valence-corrected chi connectivity index (χ1v) is 4.87. The maximum Gasteiger partial charge on any atom is 1.00 e.